The summed E-state index contributed by atoms with van der Waals surface area (Å²) < 4.78 is 31.0. The van der Waals surface area contributed by atoms with E-state index in [4.69, 9.17) is 23.7 Å². The highest BCUT2D eigenvalue weighted by molar-refractivity contribution is 5.87. The molecule has 1 rings (SSSR count). The highest BCUT2D eigenvalue weighted by Gasteiger charge is 2.49. The summed E-state index contributed by atoms with van der Waals surface area (Å²) in [5.41, 5.74) is 0. The maximum absolute atomic E-state index is 12.2. The molecule has 1 amide bonds. The molecule has 1 aliphatic rings. The van der Waals surface area contributed by atoms with Gasteiger partial charge in [-0.25, -0.2) is 4.79 Å². The van der Waals surface area contributed by atoms with Crippen LogP contribution in [-0.4, -0.2) is 79.9 Å². The van der Waals surface area contributed by atoms with Crippen molar-refractivity contribution in [3.05, 3.63) is 11.8 Å². The minimum absolute atomic E-state index is 0.393. The Labute approximate surface area is 189 Å². The molecule has 1 N–H and O–H groups in total. The molecular weight excluding hydrogens is 446 g/mol. The third-order valence-electron chi connectivity index (χ3n) is 4.09. The maximum atomic E-state index is 12.2. The van der Waals surface area contributed by atoms with Crippen LogP contribution in [0.15, 0.2) is 11.8 Å². The van der Waals surface area contributed by atoms with Crippen LogP contribution in [-0.2, 0) is 57.2 Å². The van der Waals surface area contributed by atoms with E-state index in [1.165, 1.54) is 6.92 Å². The normalized spacial score (nSPS) is 21.2. The lowest BCUT2D eigenvalue weighted by atomic mass is 9.93. The van der Waals surface area contributed by atoms with Crippen molar-refractivity contribution in [2.24, 2.45) is 0 Å². The van der Waals surface area contributed by atoms with Crippen molar-refractivity contribution in [1.29, 1.82) is 0 Å². The van der Waals surface area contributed by atoms with Crippen molar-refractivity contribution in [2.45, 2.75) is 65.1 Å². The van der Waals surface area contributed by atoms with Gasteiger partial charge >= 0.3 is 29.8 Å². The molecule has 0 fully saturated rings. The predicted molar refractivity (Wildman–Crippen MR) is 106 cm³/mol. The number of carbonyl (C=O) groups excluding carboxylic acids is 6. The summed E-state index contributed by atoms with van der Waals surface area (Å²) in [6.07, 6.45) is -4.64. The standard InChI is InChI=1S/C20H27NO12/c1-9(22)21-14-7-15(20(27)28-6)33-19(17(14)31-12(4)25)18(32-13(5)26)16(30-11(3)24)8-29-10(2)23/h7,14,16-19H,8H2,1-6H3,(H,21,22)/t14-,16-,17+,18-,19+/m0/s1. The fourth-order valence-electron chi connectivity index (χ4n) is 3.03. The van der Waals surface area contributed by atoms with Crippen molar-refractivity contribution < 1.29 is 57.2 Å². The Hall–Kier alpha value is -3.64. The fraction of sp³-hybridized carbons (Fsp3) is 0.600. The molecule has 5 atom stereocenters. The van der Waals surface area contributed by atoms with E-state index in [1.54, 1.807) is 0 Å². The first-order valence-electron chi connectivity index (χ1n) is 9.74. The van der Waals surface area contributed by atoms with Crippen LogP contribution in [0.2, 0.25) is 0 Å². The minimum Gasteiger partial charge on any atom is -0.475 e. The molecule has 33 heavy (non-hydrogen) atoms. The van der Waals surface area contributed by atoms with E-state index in [0.717, 1.165) is 40.9 Å². The van der Waals surface area contributed by atoms with Crippen LogP contribution >= 0.6 is 0 Å². The number of carbonyl (C=O) groups is 6. The van der Waals surface area contributed by atoms with Crippen LogP contribution in [0.4, 0.5) is 0 Å². The van der Waals surface area contributed by atoms with Gasteiger partial charge in [-0.15, -0.1) is 0 Å². The number of amides is 1. The lowest BCUT2D eigenvalue weighted by molar-refractivity contribution is -0.200. The summed E-state index contributed by atoms with van der Waals surface area (Å²) in [5, 5.41) is 2.50. The SMILES string of the molecule is COC(=O)C1=C[C@H](NC(C)=O)[C@@H](OC(C)=O)[C@H]([C@@H](OC(C)=O)[C@H](COC(C)=O)OC(C)=O)O1. The summed E-state index contributed by atoms with van der Waals surface area (Å²) in [5.74, 6) is -5.05. The Morgan fingerprint density at radius 1 is 0.939 bits per heavy atom. The van der Waals surface area contributed by atoms with Crippen LogP contribution in [0.3, 0.4) is 0 Å². The van der Waals surface area contributed by atoms with E-state index in [9.17, 15) is 28.8 Å². The summed E-state index contributed by atoms with van der Waals surface area (Å²) in [7, 11) is 1.08. The average Bonchev–Trinajstić information content (AvgIpc) is 2.68. The van der Waals surface area contributed by atoms with Gasteiger partial charge in [0.05, 0.1) is 13.2 Å². The van der Waals surface area contributed by atoms with Crippen molar-refractivity contribution in [3.8, 4) is 0 Å². The molecule has 0 aromatic heterocycles. The van der Waals surface area contributed by atoms with E-state index in [2.05, 4.69) is 10.1 Å². The van der Waals surface area contributed by atoms with Crippen LogP contribution in [0.1, 0.15) is 34.6 Å². The van der Waals surface area contributed by atoms with Gasteiger partial charge in [-0.1, -0.05) is 0 Å². The Balaban J connectivity index is 3.58. The third-order valence-corrected chi connectivity index (χ3v) is 4.09. The molecule has 0 aliphatic carbocycles. The van der Waals surface area contributed by atoms with Gasteiger partial charge in [-0.3, -0.25) is 24.0 Å². The van der Waals surface area contributed by atoms with Gasteiger partial charge < -0.3 is 33.7 Å². The van der Waals surface area contributed by atoms with Crippen LogP contribution in [0, 0.1) is 0 Å². The average molecular weight is 473 g/mol. The first-order chi connectivity index (χ1) is 15.3. The second-order valence-corrected chi connectivity index (χ2v) is 6.93. The topological polar surface area (TPSA) is 170 Å². The second kappa shape index (κ2) is 12.4. The van der Waals surface area contributed by atoms with Gasteiger partial charge in [0, 0.05) is 34.6 Å². The largest absolute Gasteiger partial charge is 0.475 e. The van der Waals surface area contributed by atoms with Gasteiger partial charge in [0.2, 0.25) is 11.7 Å². The quantitative estimate of drug-likeness (QED) is 0.331. The minimum atomic E-state index is -1.54. The molecule has 0 aromatic rings. The first kappa shape index (κ1) is 27.4. The van der Waals surface area contributed by atoms with Crippen molar-refractivity contribution in [1.82, 2.24) is 5.32 Å². The zero-order valence-electron chi connectivity index (χ0n) is 19.1. The lowest BCUT2D eigenvalue weighted by Gasteiger charge is -2.40. The Morgan fingerprint density at radius 2 is 1.55 bits per heavy atom. The predicted octanol–water partition coefficient (Wildman–Crippen LogP) is -0.695. The summed E-state index contributed by atoms with van der Waals surface area (Å²) in [6.45, 7) is 4.95. The first-order valence-corrected chi connectivity index (χ1v) is 9.74. The van der Waals surface area contributed by atoms with Crippen molar-refractivity contribution in [3.63, 3.8) is 0 Å². The van der Waals surface area contributed by atoms with Crippen LogP contribution < -0.4 is 5.32 Å². The number of rotatable bonds is 9. The summed E-state index contributed by atoms with van der Waals surface area (Å²) in [4.78, 5) is 70.6. The monoisotopic (exact) mass is 473 g/mol. The Morgan fingerprint density at radius 3 is 2.00 bits per heavy atom. The molecule has 0 bridgehead atoms. The number of hydrogen-bond donors (Lipinski definition) is 1. The number of methoxy groups -OCH3 is 1. The van der Waals surface area contributed by atoms with E-state index >= 15 is 0 Å². The molecule has 1 heterocycles. The summed E-state index contributed by atoms with van der Waals surface area (Å²) in [6, 6.07) is -1.12. The molecule has 0 unspecified atom stereocenters. The molecule has 0 saturated carbocycles. The number of nitrogens with one attached hydrogen (secondary N) is 1. The van der Waals surface area contributed by atoms with E-state index in [-0.39, 0.29) is 0 Å². The van der Waals surface area contributed by atoms with Crippen LogP contribution in [0.25, 0.3) is 0 Å². The van der Waals surface area contributed by atoms with E-state index in [0.29, 0.717) is 0 Å². The smallest absolute Gasteiger partial charge is 0.373 e. The van der Waals surface area contributed by atoms with Gasteiger partial charge in [-0.2, -0.15) is 0 Å². The van der Waals surface area contributed by atoms with Crippen LogP contribution in [0.5, 0.6) is 0 Å². The van der Waals surface area contributed by atoms with E-state index < -0.39 is 78.6 Å². The molecule has 0 radical (unpaired) electrons. The number of esters is 5. The van der Waals surface area contributed by atoms with Crippen molar-refractivity contribution >= 4 is 35.8 Å². The molecule has 13 nitrogen and oxygen atoms in total. The molecule has 184 valence electrons. The highest BCUT2D eigenvalue weighted by atomic mass is 16.6. The Bertz CT molecular complexity index is 820. The zero-order valence-corrected chi connectivity index (χ0v) is 19.1. The van der Waals surface area contributed by atoms with E-state index in [1.807, 2.05) is 0 Å². The molecule has 0 saturated heterocycles. The van der Waals surface area contributed by atoms with Gasteiger partial charge in [0.15, 0.2) is 24.4 Å². The third kappa shape index (κ3) is 8.79. The highest BCUT2D eigenvalue weighted by Crippen LogP contribution is 2.28. The summed E-state index contributed by atoms with van der Waals surface area (Å²) >= 11 is 0. The number of hydrogen-bond acceptors (Lipinski definition) is 12. The molecule has 1 aliphatic heterocycles. The van der Waals surface area contributed by atoms with Crippen molar-refractivity contribution in [2.75, 3.05) is 13.7 Å². The fourth-order valence-corrected chi connectivity index (χ4v) is 3.03. The van der Waals surface area contributed by atoms with Gasteiger partial charge in [0.25, 0.3) is 0 Å². The molecule has 0 aromatic carbocycles. The molecular formula is C20H27NO12. The zero-order chi connectivity index (χ0) is 25.3. The van der Waals surface area contributed by atoms with Gasteiger partial charge in [0.1, 0.15) is 6.61 Å². The maximum Gasteiger partial charge on any atom is 0.373 e. The Kier molecular flexibility index (Phi) is 10.3. The lowest BCUT2D eigenvalue weighted by Crippen LogP contribution is -2.60. The molecule has 13 heteroatoms. The van der Waals surface area contributed by atoms with Gasteiger partial charge in [-0.05, 0) is 6.08 Å². The molecule has 0 spiro atoms. The second-order valence-electron chi connectivity index (χ2n) is 6.93. The number of ether oxygens (including phenoxy) is 6.